The third-order valence-corrected chi connectivity index (χ3v) is 5.14. The highest BCUT2D eigenvalue weighted by Crippen LogP contribution is 2.45. The molecule has 0 amide bonds. The first-order valence-corrected chi connectivity index (χ1v) is 7.80. The molecule has 2 N–H and O–H groups in total. The molecule has 0 unspecified atom stereocenters. The summed E-state index contributed by atoms with van der Waals surface area (Å²) in [6, 6.07) is 8.41. The molecule has 1 aromatic rings. The van der Waals surface area contributed by atoms with Gasteiger partial charge in [-0.05, 0) is 17.7 Å². The second-order valence-corrected chi connectivity index (χ2v) is 6.67. The first-order valence-electron chi connectivity index (χ1n) is 6.03. The minimum atomic E-state index is -0.183. The lowest BCUT2D eigenvalue weighted by Gasteiger charge is -2.43. The van der Waals surface area contributed by atoms with Crippen molar-refractivity contribution in [2.45, 2.75) is 12.0 Å². The molecule has 0 spiro atoms. The number of ether oxygens (including phenoxy) is 1. The van der Waals surface area contributed by atoms with Crippen molar-refractivity contribution in [1.82, 2.24) is 0 Å². The van der Waals surface area contributed by atoms with Gasteiger partial charge in [0, 0.05) is 29.2 Å². The van der Waals surface area contributed by atoms with E-state index in [2.05, 4.69) is 34.1 Å². The first-order chi connectivity index (χ1) is 8.71. The predicted octanol–water partition coefficient (Wildman–Crippen LogP) is 2.74. The molecule has 0 aliphatic carbocycles. The number of hydrogen-bond acceptors (Lipinski definition) is 4. The third-order valence-electron chi connectivity index (χ3n) is 3.69. The van der Waals surface area contributed by atoms with Gasteiger partial charge in [0.2, 0.25) is 0 Å². The molecule has 1 saturated heterocycles. The summed E-state index contributed by atoms with van der Waals surface area (Å²) in [6.45, 7) is 1.53. The Morgan fingerprint density at radius 3 is 3.22 bits per heavy atom. The molecule has 0 aromatic heterocycles. The number of fused-ring (bicyclic) bond motifs is 1. The summed E-state index contributed by atoms with van der Waals surface area (Å²) in [6.07, 6.45) is 0.912. The fourth-order valence-corrected chi connectivity index (χ4v) is 4.12. The minimum Gasteiger partial charge on any atom is -0.381 e. The van der Waals surface area contributed by atoms with Crippen molar-refractivity contribution in [3.05, 3.63) is 34.3 Å². The van der Waals surface area contributed by atoms with E-state index >= 15 is 0 Å². The number of nitrogens with zero attached hydrogens (tertiary/aromatic N) is 1. The largest absolute Gasteiger partial charge is 0.381 e. The van der Waals surface area contributed by atoms with Gasteiger partial charge < -0.3 is 10.5 Å². The predicted molar refractivity (Wildman–Crippen MR) is 78.8 cm³/mol. The number of amidine groups is 1. The molecule has 2 heterocycles. The highest BCUT2D eigenvalue weighted by atomic mass is 79.9. The van der Waals surface area contributed by atoms with Crippen LogP contribution < -0.4 is 5.73 Å². The van der Waals surface area contributed by atoms with Crippen LogP contribution in [0.2, 0.25) is 0 Å². The van der Waals surface area contributed by atoms with Crippen LogP contribution in [0.3, 0.4) is 0 Å². The van der Waals surface area contributed by atoms with Gasteiger partial charge in [-0.15, -0.1) is 0 Å². The maximum Gasteiger partial charge on any atom is 0.154 e. The van der Waals surface area contributed by atoms with E-state index in [-0.39, 0.29) is 5.54 Å². The molecule has 0 bridgehead atoms. The van der Waals surface area contributed by atoms with Gasteiger partial charge in [-0.25, -0.2) is 0 Å². The van der Waals surface area contributed by atoms with Gasteiger partial charge >= 0.3 is 0 Å². The molecule has 2 atom stereocenters. The number of thioether (sulfide) groups is 1. The summed E-state index contributed by atoms with van der Waals surface area (Å²) in [5.41, 5.74) is 7.02. The van der Waals surface area contributed by atoms with Crippen molar-refractivity contribution in [3.8, 4) is 0 Å². The van der Waals surface area contributed by atoms with Crippen LogP contribution in [0, 0.1) is 5.92 Å². The van der Waals surface area contributed by atoms with Crippen molar-refractivity contribution in [2.75, 3.05) is 19.0 Å². The lowest BCUT2D eigenvalue weighted by molar-refractivity contribution is 0.0101. The molecule has 3 rings (SSSR count). The van der Waals surface area contributed by atoms with E-state index < -0.39 is 0 Å². The Kier molecular flexibility index (Phi) is 3.38. The zero-order valence-corrected chi connectivity index (χ0v) is 12.3. The monoisotopic (exact) mass is 326 g/mol. The summed E-state index contributed by atoms with van der Waals surface area (Å²) >= 11 is 5.18. The van der Waals surface area contributed by atoms with Crippen LogP contribution in [-0.4, -0.2) is 24.1 Å². The van der Waals surface area contributed by atoms with Crippen LogP contribution >= 0.6 is 27.7 Å². The molecular formula is C13H15BrN2OS. The van der Waals surface area contributed by atoms with E-state index in [9.17, 15) is 0 Å². The molecule has 1 fully saturated rings. The van der Waals surface area contributed by atoms with Crippen molar-refractivity contribution in [3.63, 3.8) is 0 Å². The smallest absolute Gasteiger partial charge is 0.154 e. The Morgan fingerprint density at radius 1 is 1.50 bits per heavy atom. The Labute approximate surface area is 119 Å². The second-order valence-electron chi connectivity index (χ2n) is 4.72. The van der Waals surface area contributed by atoms with E-state index in [1.807, 2.05) is 6.07 Å². The SMILES string of the molecule is NC1=N[C@]2(c3cccc(Br)c3)CCOC[C@@H]2CS1. The molecule has 0 radical (unpaired) electrons. The van der Waals surface area contributed by atoms with Crippen LogP contribution in [0.4, 0.5) is 0 Å². The zero-order chi connectivity index (χ0) is 12.6. The van der Waals surface area contributed by atoms with E-state index in [0.29, 0.717) is 11.1 Å². The van der Waals surface area contributed by atoms with E-state index in [1.54, 1.807) is 11.8 Å². The first kappa shape index (κ1) is 12.5. The highest BCUT2D eigenvalue weighted by Gasteiger charge is 2.45. The number of benzene rings is 1. The Balaban J connectivity index is 2.10. The molecule has 96 valence electrons. The van der Waals surface area contributed by atoms with E-state index in [4.69, 9.17) is 15.5 Å². The molecule has 0 saturated carbocycles. The van der Waals surface area contributed by atoms with Gasteiger partial charge in [-0.3, -0.25) is 4.99 Å². The Bertz CT molecular complexity index is 494. The van der Waals surface area contributed by atoms with Crippen LogP contribution in [0.1, 0.15) is 12.0 Å². The van der Waals surface area contributed by atoms with Crippen molar-refractivity contribution >= 4 is 32.9 Å². The summed E-state index contributed by atoms with van der Waals surface area (Å²) in [4.78, 5) is 4.80. The third kappa shape index (κ3) is 2.08. The van der Waals surface area contributed by atoms with Gasteiger partial charge in [0.25, 0.3) is 0 Å². The van der Waals surface area contributed by atoms with Gasteiger partial charge in [-0.1, -0.05) is 39.8 Å². The molecule has 5 heteroatoms. The number of hydrogen-bond donors (Lipinski definition) is 1. The van der Waals surface area contributed by atoms with Crippen molar-refractivity contribution < 1.29 is 4.74 Å². The van der Waals surface area contributed by atoms with Crippen molar-refractivity contribution in [1.29, 1.82) is 0 Å². The number of aliphatic imine (C=N–C) groups is 1. The Morgan fingerprint density at radius 2 is 2.39 bits per heavy atom. The quantitative estimate of drug-likeness (QED) is 0.863. The summed E-state index contributed by atoms with van der Waals surface area (Å²) in [5, 5.41) is 0.702. The van der Waals surface area contributed by atoms with Gasteiger partial charge in [0.05, 0.1) is 12.1 Å². The van der Waals surface area contributed by atoms with Crippen LogP contribution in [0.5, 0.6) is 0 Å². The molecule has 3 nitrogen and oxygen atoms in total. The normalized spacial score (nSPS) is 31.6. The number of rotatable bonds is 1. The van der Waals surface area contributed by atoms with Gasteiger partial charge in [0.15, 0.2) is 5.17 Å². The summed E-state index contributed by atoms with van der Waals surface area (Å²) < 4.78 is 6.71. The summed E-state index contributed by atoms with van der Waals surface area (Å²) in [7, 11) is 0. The van der Waals surface area contributed by atoms with Crippen LogP contribution in [0.25, 0.3) is 0 Å². The molecule has 2 aliphatic heterocycles. The zero-order valence-electron chi connectivity index (χ0n) is 9.93. The second kappa shape index (κ2) is 4.87. The fourth-order valence-electron chi connectivity index (χ4n) is 2.75. The molecule has 2 aliphatic rings. The van der Waals surface area contributed by atoms with Gasteiger partial charge in [-0.2, -0.15) is 0 Å². The maximum absolute atomic E-state index is 5.96. The average Bonchev–Trinajstić information content (AvgIpc) is 2.38. The van der Waals surface area contributed by atoms with Gasteiger partial charge in [0.1, 0.15) is 0 Å². The number of halogens is 1. The maximum atomic E-state index is 5.96. The summed E-state index contributed by atoms with van der Waals surface area (Å²) in [5.74, 6) is 1.40. The Hall–Kier alpha value is -0.520. The topological polar surface area (TPSA) is 47.6 Å². The standard InChI is InChI=1S/C13H15BrN2OS/c14-11-3-1-2-9(6-11)13-4-5-17-7-10(13)8-18-12(15)16-13/h1-3,6,10H,4-5,7-8H2,(H2,15,16)/t10-,13+/m1/s1. The van der Waals surface area contributed by atoms with Crippen LogP contribution in [0.15, 0.2) is 33.7 Å². The molecular weight excluding hydrogens is 312 g/mol. The van der Waals surface area contributed by atoms with E-state index in [0.717, 1.165) is 29.9 Å². The van der Waals surface area contributed by atoms with Crippen molar-refractivity contribution in [2.24, 2.45) is 16.6 Å². The van der Waals surface area contributed by atoms with E-state index in [1.165, 1.54) is 5.56 Å². The minimum absolute atomic E-state index is 0.183. The number of nitrogens with two attached hydrogens (primary N) is 1. The molecule has 18 heavy (non-hydrogen) atoms. The fraction of sp³-hybridized carbons (Fsp3) is 0.462. The lowest BCUT2D eigenvalue weighted by atomic mass is 9.76. The lowest BCUT2D eigenvalue weighted by Crippen LogP contribution is -2.46. The highest BCUT2D eigenvalue weighted by molar-refractivity contribution is 9.10. The average molecular weight is 327 g/mol. The van der Waals surface area contributed by atoms with Crippen LogP contribution in [-0.2, 0) is 10.3 Å². The molecule has 1 aromatic carbocycles.